The van der Waals surface area contributed by atoms with E-state index in [1.165, 1.54) is 19.3 Å². The number of nitrogens with zero attached hydrogens (tertiary/aromatic N) is 4. The monoisotopic (exact) mass is 242 g/mol. The van der Waals surface area contributed by atoms with Crippen LogP contribution in [0.15, 0.2) is 18.3 Å². The van der Waals surface area contributed by atoms with Crippen molar-refractivity contribution in [1.82, 2.24) is 9.88 Å². The van der Waals surface area contributed by atoms with Crippen molar-refractivity contribution >= 4 is 5.69 Å². The maximum absolute atomic E-state index is 8.74. The molecule has 0 spiro atoms. The molecule has 0 atom stereocenters. The molecule has 4 heteroatoms. The SMILES string of the molecule is N#Cc1ccc(N2CCN(C3CCC3)CC2)cn1. The van der Waals surface area contributed by atoms with Gasteiger partial charge in [0.2, 0.25) is 0 Å². The second-order valence-electron chi connectivity index (χ2n) is 5.12. The minimum atomic E-state index is 0.492. The molecule has 0 bridgehead atoms. The molecular weight excluding hydrogens is 224 g/mol. The zero-order valence-corrected chi connectivity index (χ0v) is 10.5. The predicted octanol–water partition coefficient (Wildman–Crippen LogP) is 1.63. The summed E-state index contributed by atoms with van der Waals surface area (Å²) >= 11 is 0. The average molecular weight is 242 g/mol. The van der Waals surface area contributed by atoms with Crippen LogP contribution in [0, 0.1) is 11.3 Å². The van der Waals surface area contributed by atoms with Crippen LogP contribution in [-0.4, -0.2) is 42.1 Å². The van der Waals surface area contributed by atoms with Gasteiger partial charge in [-0.1, -0.05) is 6.42 Å². The molecule has 3 rings (SSSR count). The minimum absolute atomic E-state index is 0.492. The van der Waals surface area contributed by atoms with E-state index in [1.54, 1.807) is 6.07 Å². The van der Waals surface area contributed by atoms with Gasteiger partial charge in [-0.05, 0) is 25.0 Å². The van der Waals surface area contributed by atoms with E-state index < -0.39 is 0 Å². The summed E-state index contributed by atoms with van der Waals surface area (Å²) in [5.74, 6) is 0. The van der Waals surface area contributed by atoms with Crippen molar-refractivity contribution < 1.29 is 0 Å². The van der Waals surface area contributed by atoms with Crippen molar-refractivity contribution in [1.29, 1.82) is 5.26 Å². The standard InChI is InChI=1S/C14H18N4/c15-10-12-4-5-14(11-16-12)18-8-6-17(7-9-18)13-2-1-3-13/h4-5,11,13H,1-3,6-9H2. The molecule has 94 valence electrons. The number of hydrogen-bond donors (Lipinski definition) is 0. The van der Waals surface area contributed by atoms with E-state index in [-0.39, 0.29) is 0 Å². The number of hydrogen-bond acceptors (Lipinski definition) is 4. The van der Waals surface area contributed by atoms with Gasteiger partial charge in [-0.3, -0.25) is 4.90 Å². The van der Waals surface area contributed by atoms with Crippen LogP contribution in [0.1, 0.15) is 25.0 Å². The molecule has 0 aromatic carbocycles. The Bertz CT molecular complexity index is 436. The van der Waals surface area contributed by atoms with Crippen molar-refractivity contribution in [2.24, 2.45) is 0 Å². The van der Waals surface area contributed by atoms with E-state index in [1.807, 2.05) is 12.3 Å². The van der Waals surface area contributed by atoms with E-state index in [2.05, 4.69) is 20.9 Å². The molecule has 0 unspecified atom stereocenters. The van der Waals surface area contributed by atoms with Crippen LogP contribution >= 0.6 is 0 Å². The summed E-state index contributed by atoms with van der Waals surface area (Å²) in [6.45, 7) is 4.46. The molecule has 1 saturated heterocycles. The molecule has 0 N–H and O–H groups in total. The highest BCUT2D eigenvalue weighted by molar-refractivity contribution is 5.46. The highest BCUT2D eigenvalue weighted by atomic mass is 15.3. The molecule has 1 saturated carbocycles. The van der Waals surface area contributed by atoms with Crippen LogP contribution in [0.2, 0.25) is 0 Å². The quantitative estimate of drug-likeness (QED) is 0.790. The van der Waals surface area contributed by atoms with Gasteiger partial charge in [-0.2, -0.15) is 5.26 Å². The Hall–Kier alpha value is -1.60. The van der Waals surface area contributed by atoms with E-state index in [9.17, 15) is 0 Å². The van der Waals surface area contributed by atoms with Gasteiger partial charge in [0.15, 0.2) is 0 Å². The Morgan fingerprint density at radius 2 is 1.94 bits per heavy atom. The molecule has 0 radical (unpaired) electrons. The fraction of sp³-hybridized carbons (Fsp3) is 0.571. The number of aromatic nitrogens is 1. The fourth-order valence-electron chi connectivity index (χ4n) is 2.74. The van der Waals surface area contributed by atoms with Crippen LogP contribution < -0.4 is 4.90 Å². The first-order chi connectivity index (χ1) is 8.86. The highest BCUT2D eigenvalue weighted by Crippen LogP contribution is 2.26. The second-order valence-corrected chi connectivity index (χ2v) is 5.12. The molecule has 0 amide bonds. The van der Waals surface area contributed by atoms with Gasteiger partial charge in [0.05, 0.1) is 11.9 Å². The summed E-state index contributed by atoms with van der Waals surface area (Å²) in [5, 5.41) is 8.74. The molecule has 1 aromatic rings. The lowest BCUT2D eigenvalue weighted by Crippen LogP contribution is -2.52. The third kappa shape index (κ3) is 2.19. The lowest BCUT2D eigenvalue weighted by atomic mass is 9.91. The highest BCUT2D eigenvalue weighted by Gasteiger charge is 2.27. The van der Waals surface area contributed by atoms with E-state index in [0.29, 0.717) is 5.69 Å². The van der Waals surface area contributed by atoms with Crippen LogP contribution in [-0.2, 0) is 0 Å². The van der Waals surface area contributed by atoms with Crippen LogP contribution in [0.3, 0.4) is 0 Å². The average Bonchev–Trinajstić information content (AvgIpc) is 2.38. The molecule has 4 nitrogen and oxygen atoms in total. The first-order valence-corrected chi connectivity index (χ1v) is 6.72. The largest absolute Gasteiger partial charge is 0.368 e. The van der Waals surface area contributed by atoms with Gasteiger partial charge in [0.25, 0.3) is 0 Å². The van der Waals surface area contributed by atoms with Crippen molar-refractivity contribution in [2.45, 2.75) is 25.3 Å². The van der Waals surface area contributed by atoms with E-state index in [0.717, 1.165) is 37.9 Å². The lowest BCUT2D eigenvalue weighted by Gasteiger charge is -2.43. The maximum Gasteiger partial charge on any atom is 0.140 e. The van der Waals surface area contributed by atoms with Crippen molar-refractivity contribution in [3.63, 3.8) is 0 Å². The van der Waals surface area contributed by atoms with Crippen LogP contribution in [0.25, 0.3) is 0 Å². The van der Waals surface area contributed by atoms with Gasteiger partial charge in [-0.25, -0.2) is 4.98 Å². The van der Waals surface area contributed by atoms with E-state index >= 15 is 0 Å². The zero-order valence-electron chi connectivity index (χ0n) is 10.5. The Morgan fingerprint density at radius 3 is 2.44 bits per heavy atom. The topological polar surface area (TPSA) is 43.2 Å². The van der Waals surface area contributed by atoms with Crippen LogP contribution in [0.5, 0.6) is 0 Å². The van der Waals surface area contributed by atoms with Crippen molar-refractivity contribution in [3.05, 3.63) is 24.0 Å². The Kier molecular flexibility index (Phi) is 3.16. The Morgan fingerprint density at radius 1 is 1.17 bits per heavy atom. The van der Waals surface area contributed by atoms with Crippen LogP contribution in [0.4, 0.5) is 5.69 Å². The summed E-state index contributed by atoms with van der Waals surface area (Å²) in [5.41, 5.74) is 1.63. The lowest BCUT2D eigenvalue weighted by molar-refractivity contribution is 0.120. The maximum atomic E-state index is 8.74. The summed E-state index contributed by atoms with van der Waals surface area (Å²) in [6.07, 6.45) is 6.00. The minimum Gasteiger partial charge on any atom is -0.368 e. The van der Waals surface area contributed by atoms with E-state index in [4.69, 9.17) is 5.26 Å². The second kappa shape index (κ2) is 4.95. The number of rotatable bonds is 2. The van der Waals surface area contributed by atoms with Gasteiger partial charge >= 0.3 is 0 Å². The molecular formula is C14H18N4. The first-order valence-electron chi connectivity index (χ1n) is 6.72. The van der Waals surface area contributed by atoms with Crippen molar-refractivity contribution in [3.8, 4) is 6.07 Å². The Labute approximate surface area is 108 Å². The van der Waals surface area contributed by atoms with Gasteiger partial charge < -0.3 is 4.90 Å². The summed E-state index contributed by atoms with van der Waals surface area (Å²) in [4.78, 5) is 9.12. The molecule has 1 aliphatic carbocycles. The van der Waals surface area contributed by atoms with Gasteiger partial charge in [0, 0.05) is 32.2 Å². The zero-order chi connectivity index (χ0) is 12.4. The molecule has 2 fully saturated rings. The number of piperazine rings is 1. The predicted molar refractivity (Wildman–Crippen MR) is 70.4 cm³/mol. The normalized spacial score (nSPS) is 21.4. The molecule has 18 heavy (non-hydrogen) atoms. The smallest absolute Gasteiger partial charge is 0.140 e. The number of nitriles is 1. The molecule has 2 heterocycles. The fourth-order valence-corrected chi connectivity index (χ4v) is 2.74. The van der Waals surface area contributed by atoms with Gasteiger partial charge in [-0.15, -0.1) is 0 Å². The third-order valence-corrected chi connectivity index (χ3v) is 4.13. The Balaban J connectivity index is 1.59. The molecule has 1 aromatic heterocycles. The third-order valence-electron chi connectivity index (χ3n) is 4.13. The number of anilines is 1. The summed E-state index contributed by atoms with van der Waals surface area (Å²) in [7, 11) is 0. The van der Waals surface area contributed by atoms with Crippen molar-refractivity contribution in [2.75, 3.05) is 31.1 Å². The van der Waals surface area contributed by atoms with Gasteiger partial charge in [0.1, 0.15) is 11.8 Å². The summed E-state index contributed by atoms with van der Waals surface area (Å²) < 4.78 is 0. The first kappa shape index (κ1) is 11.5. The summed E-state index contributed by atoms with van der Waals surface area (Å²) in [6, 6.07) is 6.71. The molecule has 2 aliphatic rings. The number of pyridine rings is 1. The molecule has 1 aliphatic heterocycles.